The van der Waals surface area contributed by atoms with E-state index in [2.05, 4.69) is 24.1 Å². The molecular formula is C20H26N2O3S. The number of carbonyl (C=O) groups excluding carboxylic acids is 2. The molecule has 0 spiro atoms. The number of benzene rings is 1. The first kappa shape index (κ1) is 18.8. The Hall–Kier alpha value is -1.95. The van der Waals surface area contributed by atoms with E-state index in [0.29, 0.717) is 17.0 Å². The Labute approximate surface area is 158 Å². The third-order valence-electron chi connectivity index (χ3n) is 5.19. The van der Waals surface area contributed by atoms with Crippen molar-refractivity contribution >= 4 is 38.6 Å². The van der Waals surface area contributed by atoms with Gasteiger partial charge in [0.15, 0.2) is 5.13 Å². The van der Waals surface area contributed by atoms with Crippen molar-refractivity contribution in [2.75, 3.05) is 5.32 Å². The van der Waals surface area contributed by atoms with E-state index in [1.54, 1.807) is 0 Å². The summed E-state index contributed by atoms with van der Waals surface area (Å²) in [6.07, 6.45) is 3.17. The number of anilines is 1. The molecule has 1 aromatic carbocycles. The van der Waals surface area contributed by atoms with Gasteiger partial charge in [0, 0.05) is 6.42 Å². The Kier molecular flexibility index (Phi) is 5.91. The van der Waals surface area contributed by atoms with Crippen molar-refractivity contribution in [2.24, 2.45) is 11.8 Å². The van der Waals surface area contributed by atoms with E-state index in [1.807, 2.05) is 25.1 Å². The fourth-order valence-electron chi connectivity index (χ4n) is 3.33. The van der Waals surface area contributed by atoms with Gasteiger partial charge in [-0.25, -0.2) is 4.98 Å². The zero-order valence-corrected chi connectivity index (χ0v) is 16.4. The number of esters is 1. The Morgan fingerprint density at radius 1 is 1.23 bits per heavy atom. The molecule has 3 rings (SSSR count). The minimum atomic E-state index is -0.285. The van der Waals surface area contributed by atoms with Crippen LogP contribution in [0.15, 0.2) is 18.2 Å². The lowest BCUT2D eigenvalue weighted by molar-refractivity contribution is -0.152. The SMILES string of the molecule is Cc1ccc2nc(NC(=O)CCC(=O)O[C@@H]3CC[C@@H](C)[C@@H](C)C3)sc2c1. The van der Waals surface area contributed by atoms with E-state index in [-0.39, 0.29) is 30.8 Å². The van der Waals surface area contributed by atoms with Gasteiger partial charge in [0.2, 0.25) is 5.91 Å². The van der Waals surface area contributed by atoms with Crippen LogP contribution in [0.1, 0.15) is 51.5 Å². The molecule has 1 saturated carbocycles. The second-order valence-corrected chi connectivity index (χ2v) is 8.45. The number of hydrogen-bond donors (Lipinski definition) is 1. The fourth-order valence-corrected chi connectivity index (χ4v) is 4.31. The van der Waals surface area contributed by atoms with Gasteiger partial charge in [0.1, 0.15) is 6.10 Å². The number of rotatable bonds is 5. The number of amides is 1. The van der Waals surface area contributed by atoms with Gasteiger partial charge in [-0.05, 0) is 55.7 Å². The number of aryl methyl sites for hydroxylation is 1. The molecule has 1 aliphatic rings. The number of hydrogen-bond acceptors (Lipinski definition) is 5. The summed E-state index contributed by atoms with van der Waals surface area (Å²) in [5.41, 5.74) is 2.03. The van der Waals surface area contributed by atoms with Crippen molar-refractivity contribution in [2.45, 2.75) is 59.0 Å². The second-order valence-electron chi connectivity index (χ2n) is 7.42. The second kappa shape index (κ2) is 8.16. The maximum absolute atomic E-state index is 12.1. The lowest BCUT2D eigenvalue weighted by atomic mass is 9.80. The first-order chi connectivity index (χ1) is 12.4. The van der Waals surface area contributed by atoms with Gasteiger partial charge in [-0.1, -0.05) is 31.3 Å². The number of aromatic nitrogens is 1. The summed E-state index contributed by atoms with van der Waals surface area (Å²) in [5.74, 6) is 0.774. The highest BCUT2D eigenvalue weighted by atomic mass is 32.1. The van der Waals surface area contributed by atoms with Crippen LogP contribution in [0.3, 0.4) is 0 Å². The molecule has 0 saturated heterocycles. The number of nitrogens with zero attached hydrogens (tertiary/aromatic N) is 1. The number of carbonyl (C=O) groups is 2. The molecule has 140 valence electrons. The van der Waals surface area contributed by atoms with E-state index in [4.69, 9.17) is 4.74 Å². The van der Waals surface area contributed by atoms with E-state index >= 15 is 0 Å². The summed E-state index contributed by atoms with van der Waals surface area (Å²) in [6, 6.07) is 5.99. The summed E-state index contributed by atoms with van der Waals surface area (Å²) < 4.78 is 6.58. The average Bonchev–Trinajstić information content (AvgIpc) is 2.97. The minimum Gasteiger partial charge on any atom is -0.462 e. The molecule has 1 fully saturated rings. The maximum Gasteiger partial charge on any atom is 0.306 e. The van der Waals surface area contributed by atoms with E-state index in [1.165, 1.54) is 11.3 Å². The Morgan fingerprint density at radius 2 is 2.04 bits per heavy atom. The van der Waals surface area contributed by atoms with Crippen molar-refractivity contribution in [3.05, 3.63) is 23.8 Å². The van der Waals surface area contributed by atoms with Gasteiger partial charge in [-0.2, -0.15) is 0 Å². The van der Waals surface area contributed by atoms with Crippen molar-refractivity contribution < 1.29 is 14.3 Å². The number of ether oxygens (including phenoxy) is 1. The molecule has 26 heavy (non-hydrogen) atoms. The Morgan fingerprint density at radius 3 is 2.81 bits per heavy atom. The minimum absolute atomic E-state index is 0.00395. The monoisotopic (exact) mass is 374 g/mol. The van der Waals surface area contributed by atoms with Crippen LogP contribution in [0, 0.1) is 18.8 Å². The van der Waals surface area contributed by atoms with E-state index in [0.717, 1.165) is 35.0 Å². The van der Waals surface area contributed by atoms with Crippen molar-refractivity contribution in [3.63, 3.8) is 0 Å². The third-order valence-corrected chi connectivity index (χ3v) is 6.13. The van der Waals surface area contributed by atoms with Crippen molar-refractivity contribution in [1.82, 2.24) is 4.98 Å². The quantitative estimate of drug-likeness (QED) is 0.771. The van der Waals surface area contributed by atoms with E-state index < -0.39 is 0 Å². The molecule has 0 bridgehead atoms. The summed E-state index contributed by atoms with van der Waals surface area (Å²) in [7, 11) is 0. The normalized spacial score (nSPS) is 23.0. The summed E-state index contributed by atoms with van der Waals surface area (Å²) in [4.78, 5) is 28.5. The van der Waals surface area contributed by atoms with Crippen LogP contribution >= 0.6 is 11.3 Å². The highest BCUT2D eigenvalue weighted by molar-refractivity contribution is 7.22. The molecule has 1 aliphatic carbocycles. The Bertz CT molecular complexity index is 801. The van der Waals surface area contributed by atoms with Gasteiger partial charge in [-0.3, -0.25) is 9.59 Å². The molecule has 0 radical (unpaired) electrons. The van der Waals surface area contributed by atoms with Crippen LogP contribution in [0.25, 0.3) is 10.2 Å². The van der Waals surface area contributed by atoms with Gasteiger partial charge in [-0.15, -0.1) is 0 Å². The Balaban J connectivity index is 1.45. The molecule has 0 unspecified atom stereocenters. The number of thiazole rings is 1. The van der Waals surface area contributed by atoms with Gasteiger partial charge in [0.25, 0.3) is 0 Å². The average molecular weight is 375 g/mol. The summed E-state index contributed by atoms with van der Waals surface area (Å²) >= 11 is 1.44. The van der Waals surface area contributed by atoms with Crippen LogP contribution < -0.4 is 5.32 Å². The zero-order valence-electron chi connectivity index (χ0n) is 15.6. The van der Waals surface area contributed by atoms with Crippen molar-refractivity contribution in [1.29, 1.82) is 0 Å². The summed E-state index contributed by atoms with van der Waals surface area (Å²) in [5, 5.41) is 3.35. The highest BCUT2D eigenvalue weighted by Crippen LogP contribution is 2.31. The predicted molar refractivity (Wildman–Crippen MR) is 104 cm³/mol. The first-order valence-corrected chi connectivity index (χ1v) is 10.1. The molecule has 0 aliphatic heterocycles. The van der Waals surface area contributed by atoms with Crippen LogP contribution in [-0.4, -0.2) is 23.0 Å². The van der Waals surface area contributed by atoms with E-state index in [9.17, 15) is 9.59 Å². The third kappa shape index (κ3) is 4.81. The van der Waals surface area contributed by atoms with Crippen LogP contribution in [0.5, 0.6) is 0 Å². The first-order valence-electron chi connectivity index (χ1n) is 9.27. The van der Waals surface area contributed by atoms with Gasteiger partial charge < -0.3 is 10.1 Å². The zero-order chi connectivity index (χ0) is 18.7. The molecule has 6 heteroatoms. The maximum atomic E-state index is 12.1. The van der Waals surface area contributed by atoms with Crippen LogP contribution in [0.2, 0.25) is 0 Å². The number of nitrogens with one attached hydrogen (secondary N) is 1. The van der Waals surface area contributed by atoms with Crippen molar-refractivity contribution in [3.8, 4) is 0 Å². The molecule has 1 aromatic heterocycles. The molecule has 1 N–H and O–H groups in total. The lowest BCUT2D eigenvalue weighted by Gasteiger charge is -2.31. The summed E-state index contributed by atoms with van der Waals surface area (Å²) in [6.45, 7) is 6.48. The standard InChI is InChI=1S/C20H26N2O3S/c1-12-4-7-16-17(10-12)26-20(21-16)22-18(23)8-9-19(24)25-15-6-5-13(2)14(3)11-15/h4,7,10,13-15H,5-6,8-9,11H2,1-3H3,(H,21,22,23)/t13-,14+,15-/m1/s1. The largest absolute Gasteiger partial charge is 0.462 e. The smallest absolute Gasteiger partial charge is 0.306 e. The highest BCUT2D eigenvalue weighted by Gasteiger charge is 2.27. The topological polar surface area (TPSA) is 68.3 Å². The molecule has 2 aromatic rings. The molecule has 1 heterocycles. The predicted octanol–water partition coefficient (Wildman–Crippen LogP) is 4.69. The fraction of sp³-hybridized carbons (Fsp3) is 0.550. The van der Waals surface area contributed by atoms with Crippen LogP contribution in [-0.2, 0) is 14.3 Å². The number of fused-ring (bicyclic) bond motifs is 1. The van der Waals surface area contributed by atoms with Gasteiger partial charge >= 0.3 is 5.97 Å². The molecular weight excluding hydrogens is 348 g/mol. The van der Waals surface area contributed by atoms with Gasteiger partial charge in [0.05, 0.1) is 16.6 Å². The molecule has 5 nitrogen and oxygen atoms in total. The molecule has 3 atom stereocenters. The van der Waals surface area contributed by atoms with Crippen LogP contribution in [0.4, 0.5) is 5.13 Å². The molecule has 1 amide bonds. The lowest BCUT2D eigenvalue weighted by Crippen LogP contribution is -2.29.